The van der Waals surface area contributed by atoms with Crippen molar-refractivity contribution in [3.8, 4) is 0 Å². The summed E-state index contributed by atoms with van der Waals surface area (Å²) in [6, 6.07) is 4.58. The van der Waals surface area contributed by atoms with E-state index in [1.807, 2.05) is 13.8 Å². The number of hydrogen-bond acceptors (Lipinski definition) is 1. The smallest absolute Gasteiger partial charge is 0.350 e. The van der Waals surface area contributed by atoms with Crippen LogP contribution in [0.2, 0.25) is 0 Å². The predicted molar refractivity (Wildman–Crippen MR) is 67.5 cm³/mol. The molecule has 0 unspecified atom stereocenters. The minimum Gasteiger partial charge on any atom is -0.350 e. The van der Waals surface area contributed by atoms with Gasteiger partial charge in [-0.15, -0.1) is 0 Å². The Labute approximate surface area is 111 Å². The highest BCUT2D eigenvalue weighted by molar-refractivity contribution is 5.76. The van der Waals surface area contributed by atoms with Crippen LogP contribution in [0.25, 0.3) is 0 Å². The van der Waals surface area contributed by atoms with E-state index in [-0.39, 0.29) is 11.8 Å². The molecule has 0 aliphatic heterocycles. The molecule has 0 fully saturated rings. The molecule has 5 heteroatoms. The largest absolute Gasteiger partial charge is 0.416 e. The Bertz CT molecular complexity index is 441. The van der Waals surface area contributed by atoms with Crippen molar-refractivity contribution in [3.05, 3.63) is 35.4 Å². The molecule has 0 radical (unpaired) electrons. The lowest BCUT2D eigenvalue weighted by Crippen LogP contribution is -2.27. The quantitative estimate of drug-likeness (QED) is 0.884. The van der Waals surface area contributed by atoms with Crippen molar-refractivity contribution in [1.29, 1.82) is 0 Å². The second-order valence-corrected chi connectivity index (χ2v) is 5.01. The van der Waals surface area contributed by atoms with Crippen LogP contribution in [0.4, 0.5) is 13.2 Å². The lowest BCUT2D eigenvalue weighted by Gasteiger charge is -2.17. The average Bonchev–Trinajstić information content (AvgIpc) is 2.26. The Morgan fingerprint density at radius 2 is 1.89 bits per heavy atom. The predicted octanol–water partition coefficient (Wildman–Crippen LogP) is 3.93. The van der Waals surface area contributed by atoms with Crippen molar-refractivity contribution in [3.63, 3.8) is 0 Å². The molecule has 1 aromatic rings. The third kappa shape index (κ3) is 4.93. The van der Waals surface area contributed by atoms with E-state index in [9.17, 15) is 18.0 Å². The number of rotatable bonds is 4. The first kappa shape index (κ1) is 15.5. The number of carbonyl (C=O) groups is 1. The number of halogens is 3. The Balaban J connectivity index is 2.77. The van der Waals surface area contributed by atoms with Crippen LogP contribution in [-0.4, -0.2) is 5.91 Å². The summed E-state index contributed by atoms with van der Waals surface area (Å²) < 4.78 is 37.7. The number of amides is 1. The van der Waals surface area contributed by atoms with E-state index in [0.29, 0.717) is 12.0 Å². The first-order valence-electron chi connectivity index (χ1n) is 6.16. The summed E-state index contributed by atoms with van der Waals surface area (Å²) >= 11 is 0. The SMILES string of the molecule is CC(C)CC(=O)N[C@@H](C)c1cccc(C(F)(F)F)c1. The highest BCUT2D eigenvalue weighted by Crippen LogP contribution is 2.30. The molecule has 1 rings (SSSR count). The molecule has 0 saturated carbocycles. The van der Waals surface area contributed by atoms with Crippen molar-refractivity contribution in [2.24, 2.45) is 5.92 Å². The summed E-state index contributed by atoms with van der Waals surface area (Å²) in [5.41, 5.74) is -0.248. The third-order valence-electron chi connectivity index (χ3n) is 2.69. The van der Waals surface area contributed by atoms with Gasteiger partial charge in [-0.25, -0.2) is 0 Å². The maximum Gasteiger partial charge on any atom is 0.416 e. The molecule has 1 N–H and O–H groups in total. The molecule has 0 bridgehead atoms. The maximum atomic E-state index is 12.6. The van der Waals surface area contributed by atoms with E-state index in [1.54, 1.807) is 13.0 Å². The molecule has 1 atom stereocenters. The van der Waals surface area contributed by atoms with Gasteiger partial charge < -0.3 is 5.32 Å². The number of benzene rings is 1. The van der Waals surface area contributed by atoms with E-state index < -0.39 is 17.8 Å². The van der Waals surface area contributed by atoms with E-state index in [0.717, 1.165) is 12.1 Å². The topological polar surface area (TPSA) is 29.1 Å². The van der Waals surface area contributed by atoms with Crippen LogP contribution in [0.3, 0.4) is 0 Å². The van der Waals surface area contributed by atoms with Gasteiger partial charge in [-0.3, -0.25) is 4.79 Å². The minimum absolute atomic E-state index is 0.153. The average molecular weight is 273 g/mol. The van der Waals surface area contributed by atoms with E-state index in [2.05, 4.69) is 5.32 Å². The Morgan fingerprint density at radius 3 is 2.42 bits per heavy atom. The van der Waals surface area contributed by atoms with Crippen LogP contribution in [-0.2, 0) is 11.0 Å². The minimum atomic E-state index is -4.36. The van der Waals surface area contributed by atoms with Gasteiger partial charge in [0.25, 0.3) is 0 Å². The second-order valence-electron chi connectivity index (χ2n) is 5.01. The second kappa shape index (κ2) is 6.08. The molecule has 0 heterocycles. The van der Waals surface area contributed by atoms with Gasteiger partial charge in [0.2, 0.25) is 5.91 Å². The van der Waals surface area contributed by atoms with Gasteiger partial charge in [0.1, 0.15) is 0 Å². The molecule has 0 aliphatic carbocycles. The maximum absolute atomic E-state index is 12.6. The van der Waals surface area contributed by atoms with Crippen LogP contribution in [0.15, 0.2) is 24.3 Å². The van der Waals surface area contributed by atoms with E-state index >= 15 is 0 Å². The highest BCUT2D eigenvalue weighted by Gasteiger charge is 2.30. The molecule has 1 aromatic carbocycles. The molecule has 2 nitrogen and oxygen atoms in total. The summed E-state index contributed by atoms with van der Waals surface area (Å²) in [6.45, 7) is 5.50. The first-order chi connectivity index (χ1) is 8.70. The summed E-state index contributed by atoms with van der Waals surface area (Å²) in [5.74, 6) is 0.0635. The van der Waals surface area contributed by atoms with Crippen LogP contribution in [0.1, 0.15) is 44.4 Å². The van der Waals surface area contributed by atoms with Crippen molar-refractivity contribution < 1.29 is 18.0 Å². The molecule has 0 saturated heterocycles. The Morgan fingerprint density at radius 1 is 1.26 bits per heavy atom. The zero-order valence-electron chi connectivity index (χ0n) is 11.2. The zero-order chi connectivity index (χ0) is 14.6. The molecule has 0 spiro atoms. The molecule has 106 valence electrons. The van der Waals surface area contributed by atoms with Crippen molar-refractivity contribution in [1.82, 2.24) is 5.32 Å². The molecule has 19 heavy (non-hydrogen) atoms. The van der Waals surface area contributed by atoms with Crippen LogP contribution in [0, 0.1) is 5.92 Å². The molecular formula is C14H18F3NO. The van der Waals surface area contributed by atoms with Crippen LogP contribution < -0.4 is 5.32 Å². The number of alkyl halides is 3. The molecule has 0 aromatic heterocycles. The van der Waals surface area contributed by atoms with Gasteiger partial charge in [-0.2, -0.15) is 13.2 Å². The first-order valence-corrected chi connectivity index (χ1v) is 6.16. The summed E-state index contributed by atoms with van der Waals surface area (Å²) in [7, 11) is 0. The normalized spacial score (nSPS) is 13.4. The monoisotopic (exact) mass is 273 g/mol. The molecule has 1 amide bonds. The number of hydrogen-bond donors (Lipinski definition) is 1. The Kier molecular flexibility index (Phi) is 4.97. The van der Waals surface area contributed by atoms with Gasteiger partial charge >= 0.3 is 6.18 Å². The van der Waals surface area contributed by atoms with Gasteiger partial charge in [-0.05, 0) is 30.5 Å². The standard InChI is InChI=1S/C14H18F3NO/c1-9(2)7-13(19)18-10(3)11-5-4-6-12(8-11)14(15,16)17/h4-6,8-10H,7H2,1-3H3,(H,18,19)/t10-/m0/s1. The van der Waals surface area contributed by atoms with Crippen molar-refractivity contribution in [2.45, 2.75) is 39.4 Å². The fourth-order valence-electron chi connectivity index (χ4n) is 1.74. The van der Waals surface area contributed by atoms with Crippen molar-refractivity contribution in [2.75, 3.05) is 0 Å². The van der Waals surface area contributed by atoms with E-state index in [4.69, 9.17) is 0 Å². The zero-order valence-corrected chi connectivity index (χ0v) is 11.2. The lowest BCUT2D eigenvalue weighted by atomic mass is 10.0. The Hall–Kier alpha value is -1.52. The van der Waals surface area contributed by atoms with Crippen LogP contribution in [0.5, 0.6) is 0 Å². The molecular weight excluding hydrogens is 255 g/mol. The summed E-state index contributed by atoms with van der Waals surface area (Å²) in [5, 5.41) is 2.70. The van der Waals surface area contributed by atoms with E-state index in [1.165, 1.54) is 6.07 Å². The number of nitrogens with one attached hydrogen (secondary N) is 1. The van der Waals surface area contributed by atoms with Crippen molar-refractivity contribution >= 4 is 5.91 Å². The van der Waals surface area contributed by atoms with Gasteiger partial charge in [0.15, 0.2) is 0 Å². The van der Waals surface area contributed by atoms with Gasteiger partial charge in [-0.1, -0.05) is 26.0 Å². The fourth-order valence-corrected chi connectivity index (χ4v) is 1.74. The summed E-state index contributed by atoms with van der Waals surface area (Å²) in [6.07, 6.45) is -4.00. The highest BCUT2D eigenvalue weighted by atomic mass is 19.4. The third-order valence-corrected chi connectivity index (χ3v) is 2.69. The van der Waals surface area contributed by atoms with Gasteiger partial charge in [0, 0.05) is 6.42 Å². The fraction of sp³-hybridized carbons (Fsp3) is 0.500. The van der Waals surface area contributed by atoms with Gasteiger partial charge in [0.05, 0.1) is 11.6 Å². The molecule has 0 aliphatic rings. The van der Waals surface area contributed by atoms with Crippen LogP contribution >= 0.6 is 0 Å². The number of carbonyl (C=O) groups excluding carboxylic acids is 1. The summed E-state index contributed by atoms with van der Waals surface area (Å²) in [4.78, 5) is 11.6. The lowest BCUT2D eigenvalue weighted by molar-refractivity contribution is -0.137.